The van der Waals surface area contributed by atoms with E-state index in [0.717, 1.165) is 11.8 Å². The molecule has 0 amide bonds. The first kappa shape index (κ1) is 20.5. The Bertz CT molecular complexity index is 1080. The Labute approximate surface area is 172 Å². The Balaban J connectivity index is 1.67. The molecule has 3 rings (SSSR count). The third-order valence-electron chi connectivity index (χ3n) is 4.03. The number of hydrogen-bond acceptors (Lipinski definition) is 8. The maximum Gasteiger partial charge on any atom is 0.343 e. The molecule has 0 unspecified atom stereocenters. The van der Waals surface area contributed by atoms with Gasteiger partial charge in [0.2, 0.25) is 0 Å². The van der Waals surface area contributed by atoms with Crippen LogP contribution in [-0.4, -0.2) is 29.2 Å². The van der Waals surface area contributed by atoms with Crippen LogP contribution in [0.5, 0.6) is 11.5 Å². The average molecular weight is 406 g/mol. The number of aryl methyl sites for hydroxylation is 1. The van der Waals surface area contributed by atoms with Crippen LogP contribution in [0.4, 0.5) is 11.5 Å². The molecule has 1 aromatic heterocycles. The fourth-order valence-electron chi connectivity index (χ4n) is 2.43. The van der Waals surface area contributed by atoms with Crippen molar-refractivity contribution in [1.29, 1.82) is 0 Å². The first-order valence-corrected chi connectivity index (χ1v) is 8.82. The van der Waals surface area contributed by atoms with Crippen LogP contribution < -0.4 is 14.9 Å². The van der Waals surface area contributed by atoms with Gasteiger partial charge in [0.1, 0.15) is 12.0 Å². The zero-order chi connectivity index (χ0) is 21.5. The summed E-state index contributed by atoms with van der Waals surface area (Å²) in [5, 5.41) is 14.7. The number of hydrazone groups is 1. The smallest absolute Gasteiger partial charge is 0.343 e. The van der Waals surface area contributed by atoms with Crippen LogP contribution in [0, 0.1) is 17.0 Å². The summed E-state index contributed by atoms with van der Waals surface area (Å²) in [5.74, 6) is 0.520. The number of pyridine rings is 1. The SMILES string of the molecule is COc1cc(/C=N\Nc2ccc([N+](=O)[O-])cn2)ccc1OC(=O)c1ccc(C)cc1. The molecule has 0 spiro atoms. The summed E-state index contributed by atoms with van der Waals surface area (Å²) >= 11 is 0. The lowest BCUT2D eigenvalue weighted by molar-refractivity contribution is -0.385. The van der Waals surface area contributed by atoms with Crippen LogP contribution in [-0.2, 0) is 0 Å². The van der Waals surface area contributed by atoms with Crippen molar-refractivity contribution < 1.29 is 19.2 Å². The van der Waals surface area contributed by atoms with E-state index < -0.39 is 10.9 Å². The molecule has 0 fully saturated rings. The maximum atomic E-state index is 12.3. The minimum Gasteiger partial charge on any atom is -0.493 e. The van der Waals surface area contributed by atoms with E-state index in [1.165, 1.54) is 25.5 Å². The molecule has 0 saturated carbocycles. The molecule has 30 heavy (non-hydrogen) atoms. The molecule has 3 aromatic rings. The van der Waals surface area contributed by atoms with Crippen molar-refractivity contribution in [3.8, 4) is 11.5 Å². The number of esters is 1. The van der Waals surface area contributed by atoms with Crippen molar-refractivity contribution in [1.82, 2.24) is 4.98 Å². The number of methoxy groups -OCH3 is 1. The quantitative estimate of drug-likeness (QED) is 0.207. The van der Waals surface area contributed by atoms with Gasteiger partial charge < -0.3 is 9.47 Å². The highest BCUT2D eigenvalue weighted by atomic mass is 16.6. The number of carbonyl (C=O) groups is 1. The molecular weight excluding hydrogens is 388 g/mol. The molecule has 0 aliphatic heterocycles. The molecule has 2 aromatic carbocycles. The van der Waals surface area contributed by atoms with E-state index in [9.17, 15) is 14.9 Å². The lowest BCUT2D eigenvalue weighted by Gasteiger charge is -2.10. The molecule has 0 aliphatic carbocycles. The number of ether oxygens (including phenoxy) is 2. The number of benzene rings is 2. The Morgan fingerprint density at radius 1 is 1.13 bits per heavy atom. The van der Waals surface area contributed by atoms with Crippen molar-refractivity contribution >= 4 is 23.7 Å². The summed E-state index contributed by atoms with van der Waals surface area (Å²) in [6.45, 7) is 1.94. The number of carbonyl (C=O) groups excluding carboxylic acids is 1. The van der Waals surface area contributed by atoms with Gasteiger partial charge in [0, 0.05) is 6.07 Å². The van der Waals surface area contributed by atoms with Crippen LogP contribution in [0.1, 0.15) is 21.5 Å². The molecule has 152 valence electrons. The van der Waals surface area contributed by atoms with Gasteiger partial charge in [-0.15, -0.1) is 0 Å². The van der Waals surface area contributed by atoms with E-state index in [2.05, 4.69) is 15.5 Å². The molecule has 1 N–H and O–H groups in total. The average Bonchev–Trinajstić information content (AvgIpc) is 2.75. The van der Waals surface area contributed by atoms with Crippen LogP contribution in [0.2, 0.25) is 0 Å². The van der Waals surface area contributed by atoms with E-state index in [1.807, 2.05) is 19.1 Å². The van der Waals surface area contributed by atoms with Gasteiger partial charge in [-0.05, 0) is 48.9 Å². The Kier molecular flexibility index (Phi) is 6.33. The van der Waals surface area contributed by atoms with Gasteiger partial charge in [0.15, 0.2) is 11.5 Å². The number of nitrogens with zero attached hydrogens (tertiary/aromatic N) is 3. The summed E-state index contributed by atoms with van der Waals surface area (Å²) in [5.41, 5.74) is 4.73. The Morgan fingerprint density at radius 2 is 1.90 bits per heavy atom. The van der Waals surface area contributed by atoms with E-state index >= 15 is 0 Å². The normalized spacial score (nSPS) is 10.6. The predicted molar refractivity (Wildman–Crippen MR) is 111 cm³/mol. The van der Waals surface area contributed by atoms with Gasteiger partial charge in [-0.25, -0.2) is 9.78 Å². The summed E-state index contributed by atoms with van der Waals surface area (Å²) < 4.78 is 10.7. The summed E-state index contributed by atoms with van der Waals surface area (Å²) in [6, 6.07) is 14.8. The van der Waals surface area contributed by atoms with Crippen LogP contribution in [0.3, 0.4) is 0 Å². The molecule has 0 aliphatic rings. The van der Waals surface area contributed by atoms with Gasteiger partial charge in [0.05, 0.1) is 23.8 Å². The highest BCUT2D eigenvalue weighted by Gasteiger charge is 2.12. The van der Waals surface area contributed by atoms with Gasteiger partial charge in [0.25, 0.3) is 5.69 Å². The first-order valence-electron chi connectivity index (χ1n) is 8.82. The predicted octanol–water partition coefficient (Wildman–Crippen LogP) is 3.97. The number of nitro groups is 1. The van der Waals surface area contributed by atoms with Gasteiger partial charge in [-0.3, -0.25) is 15.5 Å². The topological polar surface area (TPSA) is 116 Å². The van der Waals surface area contributed by atoms with E-state index in [1.54, 1.807) is 30.3 Å². The molecule has 0 radical (unpaired) electrons. The lowest BCUT2D eigenvalue weighted by atomic mass is 10.1. The number of aromatic nitrogens is 1. The van der Waals surface area contributed by atoms with Crippen LogP contribution in [0.15, 0.2) is 65.9 Å². The van der Waals surface area contributed by atoms with Crippen LogP contribution >= 0.6 is 0 Å². The van der Waals surface area contributed by atoms with Gasteiger partial charge in [-0.2, -0.15) is 5.10 Å². The van der Waals surface area contributed by atoms with Crippen LogP contribution in [0.25, 0.3) is 0 Å². The summed E-state index contributed by atoms with van der Waals surface area (Å²) in [7, 11) is 1.47. The van der Waals surface area contributed by atoms with Crippen molar-refractivity contribution in [3.05, 3.63) is 87.6 Å². The standard InChI is InChI=1S/C21H18N4O5/c1-14-3-6-16(7-4-14)21(26)30-18-9-5-15(11-19(18)29-2)12-23-24-20-10-8-17(13-22-20)25(27)28/h3-13H,1-2H3,(H,22,24)/b23-12-. The number of rotatable bonds is 7. The zero-order valence-electron chi connectivity index (χ0n) is 16.2. The van der Waals surface area contributed by atoms with Crippen molar-refractivity contribution in [2.75, 3.05) is 12.5 Å². The van der Waals surface area contributed by atoms with Gasteiger partial charge in [-0.1, -0.05) is 17.7 Å². The minimum absolute atomic E-state index is 0.106. The second-order valence-electron chi connectivity index (χ2n) is 6.19. The summed E-state index contributed by atoms with van der Waals surface area (Å²) in [6.07, 6.45) is 2.65. The molecule has 9 nitrogen and oxygen atoms in total. The maximum absolute atomic E-state index is 12.3. The minimum atomic E-state index is -0.528. The van der Waals surface area contributed by atoms with E-state index in [-0.39, 0.29) is 11.4 Å². The second kappa shape index (κ2) is 9.28. The lowest BCUT2D eigenvalue weighted by Crippen LogP contribution is -2.09. The first-order chi connectivity index (χ1) is 14.5. The molecule has 0 bridgehead atoms. The Hall–Kier alpha value is -4.27. The van der Waals surface area contributed by atoms with Gasteiger partial charge >= 0.3 is 5.97 Å². The molecule has 0 saturated heterocycles. The molecule has 0 atom stereocenters. The number of hydrogen-bond donors (Lipinski definition) is 1. The second-order valence-corrected chi connectivity index (χ2v) is 6.19. The molecule has 1 heterocycles. The fraction of sp³-hybridized carbons (Fsp3) is 0.0952. The van der Waals surface area contributed by atoms with E-state index in [4.69, 9.17) is 9.47 Å². The summed E-state index contributed by atoms with van der Waals surface area (Å²) in [4.78, 5) is 26.3. The monoisotopic (exact) mass is 406 g/mol. The van der Waals surface area contributed by atoms with Crippen molar-refractivity contribution in [2.24, 2.45) is 5.10 Å². The molecule has 9 heteroatoms. The van der Waals surface area contributed by atoms with Crippen molar-refractivity contribution in [2.45, 2.75) is 6.92 Å². The number of anilines is 1. The highest BCUT2D eigenvalue weighted by molar-refractivity contribution is 5.91. The van der Waals surface area contributed by atoms with Crippen molar-refractivity contribution in [3.63, 3.8) is 0 Å². The molecular formula is C21H18N4O5. The van der Waals surface area contributed by atoms with E-state index in [0.29, 0.717) is 22.7 Å². The zero-order valence-corrected chi connectivity index (χ0v) is 16.2. The Morgan fingerprint density at radius 3 is 2.53 bits per heavy atom. The largest absolute Gasteiger partial charge is 0.493 e. The fourth-order valence-corrected chi connectivity index (χ4v) is 2.43. The third-order valence-corrected chi connectivity index (χ3v) is 4.03. The third kappa shape index (κ3) is 5.16. The highest BCUT2D eigenvalue weighted by Crippen LogP contribution is 2.28. The number of nitrogens with one attached hydrogen (secondary N) is 1.